The van der Waals surface area contributed by atoms with Gasteiger partial charge in [-0.1, -0.05) is 34.8 Å². The van der Waals surface area contributed by atoms with Crippen LogP contribution in [0.3, 0.4) is 0 Å². The standard InChI is InChI=1S/C24H15Cl5F2N2O2/c1-33(19-5-2-14(30)9-18(19)31)23(35)16-10-15(3-4-17(16)27)32-22(34)21-20(24(21,28)29)11-6-12(25)8-13(26)7-11/h2-10,20-21H,1H3,(H,32,34). The zero-order valence-corrected chi connectivity index (χ0v) is 21.5. The minimum atomic E-state index is -1.39. The van der Waals surface area contributed by atoms with Crippen molar-refractivity contribution in [3.05, 3.63) is 92.4 Å². The lowest BCUT2D eigenvalue weighted by molar-refractivity contribution is -0.117. The van der Waals surface area contributed by atoms with Gasteiger partial charge in [0.15, 0.2) is 0 Å². The second-order valence-electron chi connectivity index (χ2n) is 7.98. The second-order valence-corrected chi connectivity index (χ2v) is 10.7. The summed E-state index contributed by atoms with van der Waals surface area (Å²) >= 11 is 31.1. The van der Waals surface area contributed by atoms with E-state index in [0.717, 1.165) is 17.0 Å². The Morgan fingerprint density at radius 2 is 1.60 bits per heavy atom. The van der Waals surface area contributed by atoms with Gasteiger partial charge in [0, 0.05) is 34.8 Å². The quantitative estimate of drug-likeness (QED) is 0.315. The number of carbonyl (C=O) groups is 2. The van der Waals surface area contributed by atoms with E-state index < -0.39 is 39.6 Å². The average Bonchev–Trinajstić information content (AvgIpc) is 3.35. The summed E-state index contributed by atoms with van der Waals surface area (Å²) in [6.45, 7) is 0. The summed E-state index contributed by atoms with van der Waals surface area (Å²) in [6.07, 6.45) is 0. The molecule has 0 spiro atoms. The van der Waals surface area contributed by atoms with Crippen LogP contribution in [0.1, 0.15) is 21.8 Å². The first-order chi connectivity index (χ1) is 16.4. The highest BCUT2D eigenvalue weighted by atomic mass is 35.5. The minimum absolute atomic E-state index is 0.00679. The zero-order chi connectivity index (χ0) is 25.7. The van der Waals surface area contributed by atoms with Crippen molar-refractivity contribution in [3.63, 3.8) is 0 Å². The molecule has 0 bridgehead atoms. The Hall–Kier alpha value is -2.09. The number of alkyl halides is 2. The van der Waals surface area contributed by atoms with Crippen LogP contribution >= 0.6 is 58.0 Å². The molecule has 4 nitrogen and oxygen atoms in total. The van der Waals surface area contributed by atoms with Gasteiger partial charge < -0.3 is 10.2 Å². The van der Waals surface area contributed by atoms with Gasteiger partial charge >= 0.3 is 0 Å². The number of amides is 2. The lowest BCUT2D eigenvalue weighted by Gasteiger charge is -2.19. The third-order valence-electron chi connectivity index (χ3n) is 5.62. The first kappa shape index (κ1) is 26.0. The molecule has 2 atom stereocenters. The molecule has 4 rings (SSSR count). The van der Waals surface area contributed by atoms with Crippen LogP contribution in [-0.4, -0.2) is 23.2 Å². The zero-order valence-electron chi connectivity index (χ0n) is 17.8. The van der Waals surface area contributed by atoms with E-state index in [4.69, 9.17) is 58.0 Å². The SMILES string of the molecule is CN(C(=O)c1cc(NC(=O)C2C(c3cc(Cl)cc(Cl)c3)C2(Cl)Cl)ccc1Cl)c1ccc(F)cc1F. The molecule has 35 heavy (non-hydrogen) atoms. The largest absolute Gasteiger partial charge is 0.326 e. The van der Waals surface area contributed by atoms with E-state index in [1.54, 1.807) is 18.2 Å². The monoisotopic (exact) mass is 576 g/mol. The summed E-state index contributed by atoms with van der Waals surface area (Å²) in [5, 5.41) is 3.51. The Balaban J connectivity index is 1.55. The van der Waals surface area contributed by atoms with Crippen LogP contribution in [-0.2, 0) is 4.79 Å². The van der Waals surface area contributed by atoms with E-state index >= 15 is 0 Å². The number of halogens is 7. The predicted molar refractivity (Wildman–Crippen MR) is 136 cm³/mol. The molecule has 2 amide bonds. The van der Waals surface area contributed by atoms with Crippen LogP contribution < -0.4 is 10.2 Å². The third kappa shape index (κ3) is 5.23. The summed E-state index contributed by atoms with van der Waals surface area (Å²) in [7, 11) is 1.32. The Morgan fingerprint density at radius 3 is 2.23 bits per heavy atom. The van der Waals surface area contributed by atoms with Gasteiger partial charge in [-0.05, 0) is 54.1 Å². The molecule has 1 saturated carbocycles. The van der Waals surface area contributed by atoms with Gasteiger partial charge in [0.05, 0.1) is 22.2 Å². The predicted octanol–water partition coefficient (Wildman–Crippen LogP) is 7.73. The molecule has 0 heterocycles. The topological polar surface area (TPSA) is 49.4 Å². The molecule has 0 aliphatic heterocycles. The number of nitrogens with one attached hydrogen (secondary N) is 1. The molecule has 3 aromatic carbocycles. The van der Waals surface area contributed by atoms with Crippen molar-refractivity contribution < 1.29 is 18.4 Å². The van der Waals surface area contributed by atoms with Crippen molar-refractivity contribution in [2.75, 3.05) is 17.3 Å². The smallest absolute Gasteiger partial charge is 0.259 e. The van der Waals surface area contributed by atoms with Gasteiger partial charge in [-0.25, -0.2) is 8.78 Å². The molecule has 0 saturated heterocycles. The number of nitrogens with zero attached hydrogens (tertiary/aromatic N) is 1. The van der Waals surface area contributed by atoms with Crippen molar-refractivity contribution >= 4 is 81.2 Å². The van der Waals surface area contributed by atoms with Crippen molar-refractivity contribution in [3.8, 4) is 0 Å². The van der Waals surface area contributed by atoms with E-state index in [1.165, 1.54) is 25.2 Å². The maximum Gasteiger partial charge on any atom is 0.259 e. The van der Waals surface area contributed by atoms with E-state index in [-0.39, 0.29) is 22.0 Å². The van der Waals surface area contributed by atoms with E-state index in [0.29, 0.717) is 21.7 Å². The molecule has 1 fully saturated rings. The average molecular weight is 579 g/mol. The van der Waals surface area contributed by atoms with Gasteiger partial charge in [-0.15, -0.1) is 23.2 Å². The minimum Gasteiger partial charge on any atom is -0.326 e. The van der Waals surface area contributed by atoms with Crippen LogP contribution in [0.15, 0.2) is 54.6 Å². The van der Waals surface area contributed by atoms with Crippen molar-refractivity contribution in [2.24, 2.45) is 5.92 Å². The number of anilines is 2. The Morgan fingerprint density at radius 1 is 0.943 bits per heavy atom. The molecule has 1 aliphatic rings. The fourth-order valence-corrected chi connectivity index (χ4v) is 5.42. The molecule has 0 radical (unpaired) electrons. The summed E-state index contributed by atoms with van der Waals surface area (Å²) in [6, 6.07) is 11.9. The Labute approximate surface area is 224 Å². The third-order valence-corrected chi connectivity index (χ3v) is 7.33. The summed E-state index contributed by atoms with van der Waals surface area (Å²) in [5.74, 6) is -4.21. The fourth-order valence-electron chi connectivity index (χ4n) is 3.85. The molecular formula is C24H15Cl5F2N2O2. The maximum absolute atomic E-state index is 14.2. The molecule has 2 unspecified atom stereocenters. The lowest BCUT2D eigenvalue weighted by Crippen LogP contribution is -2.27. The van der Waals surface area contributed by atoms with Crippen LogP contribution in [0.25, 0.3) is 0 Å². The van der Waals surface area contributed by atoms with Crippen LogP contribution in [0.5, 0.6) is 0 Å². The molecule has 1 N–H and O–H groups in total. The number of carbonyl (C=O) groups excluding carboxylic acids is 2. The summed E-state index contributed by atoms with van der Waals surface area (Å²) in [5.41, 5.74) is 0.710. The fraction of sp³-hybridized carbons (Fsp3) is 0.167. The summed E-state index contributed by atoms with van der Waals surface area (Å²) < 4.78 is 26.0. The number of hydrogen-bond donors (Lipinski definition) is 1. The number of rotatable bonds is 5. The Kier molecular flexibility index (Phi) is 7.24. The van der Waals surface area contributed by atoms with Crippen LogP contribution in [0.2, 0.25) is 15.1 Å². The number of hydrogen-bond acceptors (Lipinski definition) is 2. The van der Waals surface area contributed by atoms with Gasteiger partial charge in [-0.3, -0.25) is 9.59 Å². The highest BCUT2D eigenvalue weighted by Gasteiger charge is 2.67. The number of benzene rings is 3. The van der Waals surface area contributed by atoms with Gasteiger partial charge in [-0.2, -0.15) is 0 Å². The lowest BCUT2D eigenvalue weighted by atomic mass is 10.1. The maximum atomic E-state index is 14.2. The van der Waals surface area contributed by atoms with Gasteiger partial charge in [0.1, 0.15) is 16.0 Å². The summed E-state index contributed by atoms with van der Waals surface area (Å²) in [4.78, 5) is 27.0. The first-order valence-corrected chi connectivity index (χ1v) is 12.0. The highest BCUT2D eigenvalue weighted by molar-refractivity contribution is 6.53. The molecule has 182 valence electrons. The molecule has 0 aromatic heterocycles. The molecule has 1 aliphatic carbocycles. The van der Waals surface area contributed by atoms with Gasteiger partial charge in [0.25, 0.3) is 5.91 Å². The van der Waals surface area contributed by atoms with Crippen LogP contribution in [0.4, 0.5) is 20.2 Å². The second kappa shape index (κ2) is 9.75. The van der Waals surface area contributed by atoms with Crippen molar-refractivity contribution in [2.45, 2.75) is 10.3 Å². The normalized spacial score (nSPS) is 18.2. The van der Waals surface area contributed by atoms with Crippen molar-refractivity contribution in [1.82, 2.24) is 0 Å². The van der Waals surface area contributed by atoms with E-state index in [2.05, 4.69) is 5.32 Å². The Bertz CT molecular complexity index is 1330. The molecule has 3 aromatic rings. The molecule has 11 heteroatoms. The molecular weight excluding hydrogens is 564 g/mol. The van der Waals surface area contributed by atoms with Gasteiger partial charge in [0.2, 0.25) is 5.91 Å². The van der Waals surface area contributed by atoms with Crippen LogP contribution in [0, 0.1) is 17.6 Å². The van der Waals surface area contributed by atoms with Crippen molar-refractivity contribution in [1.29, 1.82) is 0 Å². The van der Waals surface area contributed by atoms with E-state index in [9.17, 15) is 18.4 Å². The highest BCUT2D eigenvalue weighted by Crippen LogP contribution is 2.65. The first-order valence-electron chi connectivity index (χ1n) is 10.1. The van der Waals surface area contributed by atoms with E-state index in [1.807, 2.05) is 0 Å².